The van der Waals surface area contributed by atoms with Gasteiger partial charge in [-0.25, -0.2) is 4.98 Å². The van der Waals surface area contributed by atoms with Gasteiger partial charge in [-0.05, 0) is 43.5 Å². The summed E-state index contributed by atoms with van der Waals surface area (Å²) < 4.78 is 10.5. The second kappa shape index (κ2) is 6.44. The lowest BCUT2D eigenvalue weighted by Crippen LogP contribution is -2.26. The fourth-order valence-electron chi connectivity index (χ4n) is 3.15. The van der Waals surface area contributed by atoms with Crippen LogP contribution in [0.3, 0.4) is 0 Å². The number of aryl methyl sites for hydroxylation is 1. The van der Waals surface area contributed by atoms with Gasteiger partial charge >= 0.3 is 0 Å². The topological polar surface area (TPSA) is 68.5 Å². The maximum absolute atomic E-state index is 13.1. The second-order valence-corrected chi connectivity index (χ2v) is 6.83. The Bertz CT molecular complexity index is 958. The highest BCUT2D eigenvalue weighted by Crippen LogP contribution is 2.40. The Morgan fingerprint density at radius 1 is 1.31 bits per heavy atom. The molecule has 26 heavy (non-hydrogen) atoms. The zero-order valence-electron chi connectivity index (χ0n) is 15.2. The summed E-state index contributed by atoms with van der Waals surface area (Å²) in [4.78, 5) is 19.4. The van der Waals surface area contributed by atoms with E-state index in [1.165, 1.54) is 0 Å². The van der Waals surface area contributed by atoms with E-state index < -0.39 is 0 Å². The Morgan fingerprint density at radius 2 is 2.04 bits per heavy atom. The predicted octanol–water partition coefficient (Wildman–Crippen LogP) is 3.69. The summed E-state index contributed by atoms with van der Waals surface area (Å²) in [5, 5.41) is 4.71. The van der Waals surface area contributed by atoms with Crippen LogP contribution in [-0.2, 0) is 6.54 Å². The van der Waals surface area contributed by atoms with Gasteiger partial charge in [-0.2, -0.15) is 0 Å². The highest BCUT2D eigenvalue weighted by molar-refractivity contribution is 6.06. The summed E-state index contributed by atoms with van der Waals surface area (Å²) >= 11 is 0. The third-order valence-electron chi connectivity index (χ3n) is 4.79. The van der Waals surface area contributed by atoms with Gasteiger partial charge in [0.05, 0.1) is 23.8 Å². The molecule has 1 saturated carbocycles. The fraction of sp³-hybridized carbons (Fsp3) is 0.350. The first-order valence-electron chi connectivity index (χ1n) is 8.72. The Labute approximate surface area is 151 Å². The minimum atomic E-state index is -0.0542. The lowest BCUT2D eigenvalue weighted by Gasteiger charge is -2.18. The lowest BCUT2D eigenvalue weighted by atomic mass is 10.1. The Morgan fingerprint density at radius 3 is 2.69 bits per heavy atom. The predicted molar refractivity (Wildman–Crippen MR) is 97.3 cm³/mol. The van der Waals surface area contributed by atoms with Gasteiger partial charge in [-0.15, -0.1) is 0 Å². The van der Waals surface area contributed by atoms with Crippen LogP contribution in [0.2, 0.25) is 0 Å². The minimum absolute atomic E-state index is 0.0542. The Balaban J connectivity index is 1.64. The molecule has 4 rings (SSSR count). The van der Waals surface area contributed by atoms with Crippen LogP contribution in [-0.4, -0.2) is 35.1 Å². The zero-order valence-corrected chi connectivity index (χ0v) is 15.2. The van der Waals surface area contributed by atoms with Crippen molar-refractivity contribution in [3.05, 3.63) is 52.8 Å². The average molecular weight is 351 g/mol. The number of aromatic nitrogens is 2. The molecule has 0 atom stereocenters. The van der Waals surface area contributed by atoms with Crippen molar-refractivity contribution >= 4 is 17.0 Å². The van der Waals surface area contributed by atoms with Gasteiger partial charge in [0, 0.05) is 25.2 Å². The van der Waals surface area contributed by atoms with Crippen LogP contribution >= 0.6 is 0 Å². The standard InChI is InChI=1S/C20H21N3O3/c1-12-18-16(10-17(14-6-7-14)21-19(18)26-22-12)20(24)23(2)11-13-4-8-15(25-3)9-5-13/h4-5,8-10,14H,6-7,11H2,1-3H3. The first kappa shape index (κ1) is 16.6. The number of hydrogen-bond donors (Lipinski definition) is 0. The summed E-state index contributed by atoms with van der Waals surface area (Å²) in [6.45, 7) is 2.35. The van der Waals surface area contributed by atoms with Crippen LogP contribution in [0.5, 0.6) is 5.75 Å². The number of carbonyl (C=O) groups is 1. The van der Waals surface area contributed by atoms with E-state index in [-0.39, 0.29) is 5.91 Å². The van der Waals surface area contributed by atoms with E-state index in [1.807, 2.05) is 37.3 Å². The second-order valence-electron chi connectivity index (χ2n) is 6.83. The van der Waals surface area contributed by atoms with E-state index in [1.54, 1.807) is 19.1 Å². The number of benzene rings is 1. The molecule has 1 aliphatic carbocycles. The average Bonchev–Trinajstić information content (AvgIpc) is 3.44. The van der Waals surface area contributed by atoms with Crippen molar-refractivity contribution in [1.29, 1.82) is 0 Å². The molecule has 1 fully saturated rings. The number of methoxy groups -OCH3 is 1. The maximum Gasteiger partial charge on any atom is 0.259 e. The van der Waals surface area contributed by atoms with Gasteiger partial charge in [-0.3, -0.25) is 4.79 Å². The van der Waals surface area contributed by atoms with Crippen LogP contribution in [0.25, 0.3) is 11.1 Å². The summed E-state index contributed by atoms with van der Waals surface area (Å²) in [6.07, 6.45) is 2.22. The molecule has 6 heteroatoms. The van der Waals surface area contributed by atoms with Gasteiger partial charge in [0.2, 0.25) is 0 Å². The van der Waals surface area contributed by atoms with Crippen molar-refractivity contribution in [3.63, 3.8) is 0 Å². The summed E-state index contributed by atoms with van der Waals surface area (Å²) in [7, 11) is 3.44. The third kappa shape index (κ3) is 3.03. The van der Waals surface area contributed by atoms with Crippen LogP contribution in [0.15, 0.2) is 34.9 Å². The smallest absolute Gasteiger partial charge is 0.259 e. The van der Waals surface area contributed by atoms with Gasteiger partial charge in [0.15, 0.2) is 0 Å². The van der Waals surface area contributed by atoms with Gasteiger partial charge in [0.25, 0.3) is 11.6 Å². The third-order valence-corrected chi connectivity index (χ3v) is 4.79. The molecule has 2 aromatic heterocycles. The highest BCUT2D eigenvalue weighted by atomic mass is 16.5. The lowest BCUT2D eigenvalue weighted by molar-refractivity contribution is 0.0786. The molecule has 0 saturated heterocycles. The van der Waals surface area contributed by atoms with Crippen molar-refractivity contribution in [2.24, 2.45) is 0 Å². The fourth-order valence-corrected chi connectivity index (χ4v) is 3.15. The van der Waals surface area contributed by atoms with Crippen molar-refractivity contribution < 1.29 is 14.1 Å². The molecule has 0 radical (unpaired) electrons. The van der Waals surface area contributed by atoms with E-state index in [2.05, 4.69) is 10.1 Å². The van der Waals surface area contributed by atoms with E-state index in [9.17, 15) is 4.79 Å². The Kier molecular flexibility index (Phi) is 4.11. The number of nitrogens with zero attached hydrogens (tertiary/aromatic N) is 3. The molecule has 1 aromatic carbocycles. The molecule has 0 unspecified atom stereocenters. The first-order valence-corrected chi connectivity index (χ1v) is 8.72. The molecule has 0 bridgehead atoms. The van der Waals surface area contributed by atoms with Crippen molar-refractivity contribution in [1.82, 2.24) is 15.0 Å². The quantitative estimate of drug-likeness (QED) is 0.701. The Hall–Kier alpha value is -2.89. The molecular weight excluding hydrogens is 330 g/mol. The number of carbonyl (C=O) groups excluding carboxylic acids is 1. The minimum Gasteiger partial charge on any atom is -0.497 e. The van der Waals surface area contributed by atoms with Crippen LogP contribution in [0.4, 0.5) is 0 Å². The number of ether oxygens (including phenoxy) is 1. The van der Waals surface area contributed by atoms with Crippen LogP contribution in [0.1, 0.15) is 46.1 Å². The van der Waals surface area contributed by atoms with E-state index >= 15 is 0 Å². The van der Waals surface area contributed by atoms with E-state index in [0.29, 0.717) is 34.8 Å². The molecule has 1 aliphatic rings. The number of hydrogen-bond acceptors (Lipinski definition) is 5. The molecule has 134 valence electrons. The molecule has 0 spiro atoms. The normalized spacial score (nSPS) is 13.8. The highest BCUT2D eigenvalue weighted by Gasteiger charge is 2.29. The molecule has 1 amide bonds. The number of amides is 1. The van der Waals surface area contributed by atoms with Crippen LogP contribution in [0, 0.1) is 6.92 Å². The number of fused-ring (bicyclic) bond motifs is 1. The molecule has 6 nitrogen and oxygen atoms in total. The summed E-state index contributed by atoms with van der Waals surface area (Å²) in [5.74, 6) is 1.18. The SMILES string of the molecule is COc1ccc(CN(C)C(=O)c2cc(C3CC3)nc3onc(C)c23)cc1. The van der Waals surface area contributed by atoms with Gasteiger partial charge in [0.1, 0.15) is 5.75 Å². The van der Waals surface area contributed by atoms with Crippen LogP contribution < -0.4 is 4.74 Å². The molecular formula is C20H21N3O3. The molecule has 0 aliphatic heterocycles. The van der Waals surface area contributed by atoms with Crippen molar-refractivity contribution in [2.45, 2.75) is 32.2 Å². The molecule has 3 aromatic rings. The number of rotatable bonds is 5. The van der Waals surface area contributed by atoms with Gasteiger partial charge < -0.3 is 14.2 Å². The monoisotopic (exact) mass is 351 g/mol. The first-order chi connectivity index (χ1) is 12.6. The number of pyridine rings is 1. The molecule has 0 N–H and O–H groups in total. The van der Waals surface area contributed by atoms with Gasteiger partial charge in [-0.1, -0.05) is 17.3 Å². The van der Waals surface area contributed by atoms with E-state index in [0.717, 1.165) is 29.8 Å². The van der Waals surface area contributed by atoms with E-state index in [4.69, 9.17) is 9.26 Å². The largest absolute Gasteiger partial charge is 0.497 e. The summed E-state index contributed by atoms with van der Waals surface area (Å²) in [6, 6.07) is 9.63. The zero-order chi connectivity index (χ0) is 18.3. The van der Waals surface area contributed by atoms with Crippen molar-refractivity contribution in [3.8, 4) is 5.75 Å². The van der Waals surface area contributed by atoms with Crippen molar-refractivity contribution in [2.75, 3.05) is 14.2 Å². The molecule has 2 heterocycles. The summed E-state index contributed by atoms with van der Waals surface area (Å²) in [5.41, 5.74) is 3.72. The maximum atomic E-state index is 13.1.